The Morgan fingerprint density at radius 3 is 1.97 bits per heavy atom. The molecular formula is C23H27NO6. The average Bonchev–Trinajstić information content (AvgIpc) is 2.62. The molecule has 1 aliphatic heterocycles. The Morgan fingerprint density at radius 1 is 1.00 bits per heavy atom. The summed E-state index contributed by atoms with van der Waals surface area (Å²) in [5.41, 5.74) is 1.26. The van der Waals surface area contributed by atoms with Gasteiger partial charge in [0.05, 0.1) is 17.1 Å². The third-order valence-electron chi connectivity index (χ3n) is 4.94. The molecule has 0 aromatic heterocycles. The molecule has 0 spiro atoms. The second kappa shape index (κ2) is 8.57. The molecule has 0 unspecified atom stereocenters. The fraction of sp³-hybridized carbons (Fsp3) is 0.348. The van der Waals surface area contributed by atoms with E-state index in [4.69, 9.17) is 4.74 Å². The summed E-state index contributed by atoms with van der Waals surface area (Å²) >= 11 is 0. The molecule has 0 fully saturated rings. The molecule has 1 aliphatic rings. The lowest BCUT2D eigenvalue weighted by Gasteiger charge is -2.35. The Labute approximate surface area is 176 Å². The van der Waals surface area contributed by atoms with Crippen LogP contribution in [0.1, 0.15) is 51.7 Å². The van der Waals surface area contributed by atoms with Crippen molar-refractivity contribution in [3.8, 4) is 0 Å². The minimum absolute atomic E-state index is 0.0152. The number of carboxylic acids is 2. The van der Waals surface area contributed by atoms with Gasteiger partial charge in [-0.2, -0.15) is 0 Å². The first kappa shape index (κ1) is 22.9. The van der Waals surface area contributed by atoms with Crippen LogP contribution >= 0.6 is 0 Å². The van der Waals surface area contributed by atoms with E-state index in [1.165, 1.54) is 12.2 Å². The van der Waals surface area contributed by atoms with Crippen molar-refractivity contribution < 1.29 is 29.3 Å². The van der Waals surface area contributed by atoms with Crippen LogP contribution < -0.4 is 0 Å². The summed E-state index contributed by atoms with van der Waals surface area (Å²) < 4.78 is 5.27. The fourth-order valence-electron chi connectivity index (χ4n) is 3.46. The zero-order valence-corrected chi connectivity index (χ0v) is 18.0. The second-order valence-electron chi connectivity index (χ2n) is 8.10. The Bertz CT molecular complexity index is 940. The van der Waals surface area contributed by atoms with Crippen molar-refractivity contribution in [1.82, 2.24) is 4.90 Å². The van der Waals surface area contributed by atoms with Gasteiger partial charge < -0.3 is 19.8 Å². The van der Waals surface area contributed by atoms with Gasteiger partial charge in [-0.05, 0) is 51.8 Å². The highest BCUT2D eigenvalue weighted by molar-refractivity contribution is 5.99. The lowest BCUT2D eigenvalue weighted by molar-refractivity contribution is -0.148. The van der Waals surface area contributed by atoms with E-state index in [0.717, 1.165) is 0 Å². The highest BCUT2D eigenvalue weighted by atomic mass is 16.6. The molecule has 30 heavy (non-hydrogen) atoms. The minimum Gasteiger partial charge on any atom is -0.478 e. The van der Waals surface area contributed by atoms with Gasteiger partial charge in [0.15, 0.2) is 0 Å². The highest BCUT2D eigenvalue weighted by Gasteiger charge is 2.39. The summed E-state index contributed by atoms with van der Waals surface area (Å²) in [6.45, 7) is 8.56. The molecule has 1 aromatic rings. The number of rotatable bonds is 5. The van der Waals surface area contributed by atoms with E-state index in [1.807, 2.05) is 0 Å². The Kier molecular flexibility index (Phi) is 6.55. The highest BCUT2D eigenvalue weighted by Crippen LogP contribution is 2.42. The van der Waals surface area contributed by atoms with Gasteiger partial charge in [0, 0.05) is 24.5 Å². The van der Waals surface area contributed by atoms with Gasteiger partial charge in [0.25, 0.3) is 0 Å². The van der Waals surface area contributed by atoms with Crippen molar-refractivity contribution in [2.45, 2.75) is 46.1 Å². The molecule has 160 valence electrons. The van der Waals surface area contributed by atoms with Crippen LogP contribution in [0, 0.1) is 0 Å². The predicted molar refractivity (Wildman–Crippen MR) is 112 cm³/mol. The average molecular weight is 413 g/mol. The van der Waals surface area contributed by atoms with Crippen molar-refractivity contribution >= 4 is 24.0 Å². The van der Waals surface area contributed by atoms with Crippen molar-refractivity contribution in [2.75, 3.05) is 7.05 Å². The van der Waals surface area contributed by atoms with Crippen LogP contribution in [0.5, 0.6) is 0 Å². The first-order chi connectivity index (χ1) is 13.8. The summed E-state index contributed by atoms with van der Waals surface area (Å²) in [6.07, 6.45) is 2.78. The number of nitrogens with zero attached hydrogens (tertiary/aromatic N) is 1. The lowest BCUT2D eigenvalue weighted by atomic mass is 9.78. The molecule has 0 saturated carbocycles. The van der Waals surface area contributed by atoms with Crippen LogP contribution in [0.15, 0.2) is 52.9 Å². The van der Waals surface area contributed by atoms with Crippen LogP contribution in [0.2, 0.25) is 0 Å². The van der Waals surface area contributed by atoms with Crippen molar-refractivity contribution in [1.29, 1.82) is 0 Å². The van der Waals surface area contributed by atoms with Crippen LogP contribution in [0.25, 0.3) is 6.08 Å². The molecule has 0 amide bonds. The van der Waals surface area contributed by atoms with E-state index in [2.05, 4.69) is 0 Å². The number of carbonyl (C=O) groups is 3. The number of carboxylic acid groups (broad SMARTS) is 2. The standard InChI is InChI=1S/C23H27NO6/c1-13-18(21(26)27)20(19(22(28)29)14(2)24(13)6)16-10-8-7-9-15(16)11-12-17(25)30-23(3,4)5/h7-12,20H,1-6H3,(H,26,27)(H,28,29). The van der Waals surface area contributed by atoms with Crippen molar-refractivity contribution in [3.63, 3.8) is 0 Å². The van der Waals surface area contributed by atoms with Gasteiger partial charge in [-0.1, -0.05) is 24.3 Å². The smallest absolute Gasteiger partial charge is 0.334 e. The normalized spacial score (nSPS) is 15.7. The monoisotopic (exact) mass is 413 g/mol. The number of esters is 1. The Morgan fingerprint density at radius 2 is 1.50 bits per heavy atom. The lowest BCUT2D eigenvalue weighted by Crippen LogP contribution is -2.32. The summed E-state index contributed by atoms with van der Waals surface area (Å²) in [7, 11) is 1.64. The number of benzene rings is 1. The molecule has 0 radical (unpaired) electrons. The zero-order valence-electron chi connectivity index (χ0n) is 18.0. The van der Waals surface area contributed by atoms with Crippen LogP contribution in [-0.2, 0) is 19.1 Å². The van der Waals surface area contributed by atoms with Gasteiger partial charge in [0.2, 0.25) is 0 Å². The van der Waals surface area contributed by atoms with Crippen LogP contribution in [0.3, 0.4) is 0 Å². The summed E-state index contributed by atoms with van der Waals surface area (Å²) in [5.74, 6) is -3.92. The molecule has 0 atom stereocenters. The molecule has 0 aliphatic carbocycles. The third-order valence-corrected chi connectivity index (χ3v) is 4.94. The summed E-state index contributed by atoms with van der Waals surface area (Å²) in [4.78, 5) is 37.9. The van der Waals surface area contributed by atoms with Gasteiger partial charge in [0.1, 0.15) is 5.60 Å². The predicted octanol–water partition coefficient (Wildman–Crippen LogP) is 3.79. The van der Waals surface area contributed by atoms with Crippen LogP contribution in [-0.4, -0.2) is 45.7 Å². The number of hydrogen-bond donors (Lipinski definition) is 2. The van der Waals surface area contributed by atoms with Gasteiger partial charge in [-0.25, -0.2) is 14.4 Å². The molecule has 0 bridgehead atoms. The molecule has 2 rings (SSSR count). The maximum absolute atomic E-state index is 12.1. The first-order valence-electron chi connectivity index (χ1n) is 9.47. The molecule has 7 heteroatoms. The molecule has 2 N–H and O–H groups in total. The summed E-state index contributed by atoms with van der Waals surface area (Å²) in [6, 6.07) is 6.83. The minimum atomic E-state index is -1.19. The second-order valence-corrected chi connectivity index (χ2v) is 8.10. The number of ether oxygens (including phenoxy) is 1. The Balaban J connectivity index is 2.64. The molecule has 7 nitrogen and oxygen atoms in total. The van der Waals surface area contributed by atoms with E-state index in [0.29, 0.717) is 22.5 Å². The molecule has 1 aromatic carbocycles. The number of carbonyl (C=O) groups excluding carboxylic acids is 1. The van der Waals surface area contributed by atoms with Gasteiger partial charge in [-0.3, -0.25) is 0 Å². The quantitative estimate of drug-likeness (QED) is 0.559. The van der Waals surface area contributed by atoms with Crippen LogP contribution in [0.4, 0.5) is 0 Å². The maximum Gasteiger partial charge on any atom is 0.334 e. The largest absolute Gasteiger partial charge is 0.478 e. The number of aliphatic carboxylic acids is 2. The van der Waals surface area contributed by atoms with Crippen molar-refractivity contribution in [2.24, 2.45) is 0 Å². The third kappa shape index (κ3) is 4.79. The Hall–Kier alpha value is -3.35. The molecule has 1 heterocycles. The van der Waals surface area contributed by atoms with Gasteiger partial charge >= 0.3 is 17.9 Å². The fourth-order valence-corrected chi connectivity index (χ4v) is 3.46. The SMILES string of the molecule is CC1=C(C(=O)O)C(c2ccccc2C=CC(=O)OC(C)(C)C)C(C(=O)O)=C(C)N1C. The van der Waals surface area contributed by atoms with Gasteiger partial charge in [-0.15, -0.1) is 0 Å². The van der Waals surface area contributed by atoms with E-state index >= 15 is 0 Å². The van der Waals surface area contributed by atoms with Crippen molar-refractivity contribution in [3.05, 3.63) is 64.0 Å². The molecular weight excluding hydrogens is 386 g/mol. The summed E-state index contributed by atoms with van der Waals surface area (Å²) in [5, 5.41) is 19.8. The zero-order chi connectivity index (χ0) is 22.8. The molecule has 0 saturated heterocycles. The topological polar surface area (TPSA) is 104 Å². The first-order valence-corrected chi connectivity index (χ1v) is 9.47. The van der Waals surface area contributed by atoms with E-state index in [-0.39, 0.29) is 11.1 Å². The van der Waals surface area contributed by atoms with E-state index in [9.17, 15) is 24.6 Å². The van der Waals surface area contributed by atoms with E-state index < -0.39 is 29.4 Å². The maximum atomic E-state index is 12.1. The number of allylic oxidation sites excluding steroid dienone is 2. The number of hydrogen-bond acceptors (Lipinski definition) is 5. The van der Waals surface area contributed by atoms with E-state index in [1.54, 1.807) is 70.8 Å².